The number of fused-ring (bicyclic) bond motifs is 3. The monoisotopic (exact) mass is 447 g/mol. The van der Waals surface area contributed by atoms with Crippen LogP contribution < -0.4 is 0 Å². The van der Waals surface area contributed by atoms with Gasteiger partial charge in [-0.3, -0.25) is 0 Å². The molecule has 0 saturated heterocycles. The van der Waals surface area contributed by atoms with E-state index in [1.165, 1.54) is 31.1 Å². The molecule has 0 spiro atoms. The molecule has 1 aromatic heterocycles. The average molecular weight is 448 g/mol. The van der Waals surface area contributed by atoms with Gasteiger partial charge in [0.25, 0.3) is 0 Å². The number of hydrogen-bond donors (Lipinski definition) is 0. The van der Waals surface area contributed by atoms with Crippen LogP contribution in [0, 0.1) is 3.57 Å². The van der Waals surface area contributed by atoms with Crippen molar-refractivity contribution in [2.24, 2.45) is 0 Å². The Morgan fingerprint density at radius 1 is 0.762 bits per heavy atom. The summed E-state index contributed by atoms with van der Waals surface area (Å²) < 4.78 is 4.66. The lowest BCUT2D eigenvalue weighted by Gasteiger charge is -2.09. The Balaban J connectivity index is 2.20. The molecule has 0 unspecified atom stereocenters. The quantitative estimate of drug-likeness (QED) is 0.308. The molecule has 102 valence electrons. The Hall–Kier alpha value is -1.33. The van der Waals surface area contributed by atoms with Crippen LogP contribution >= 0.6 is 38.5 Å². The van der Waals surface area contributed by atoms with Gasteiger partial charge in [-0.15, -0.1) is 0 Å². The summed E-state index contributed by atoms with van der Waals surface area (Å²) in [4.78, 5) is 0. The molecule has 0 amide bonds. The highest BCUT2D eigenvalue weighted by molar-refractivity contribution is 14.1. The van der Waals surface area contributed by atoms with Crippen molar-refractivity contribution in [2.45, 2.75) is 0 Å². The fourth-order valence-electron chi connectivity index (χ4n) is 2.87. The van der Waals surface area contributed by atoms with E-state index < -0.39 is 0 Å². The van der Waals surface area contributed by atoms with Gasteiger partial charge in [0.05, 0.1) is 11.0 Å². The standard InChI is InChI=1S/C18H11BrIN/c19-12-9-13(20)11-14(10-12)21-17-7-3-1-5-15(17)16-6-2-4-8-18(16)21/h1-11H. The Labute approximate surface area is 144 Å². The van der Waals surface area contributed by atoms with Gasteiger partial charge in [0.15, 0.2) is 0 Å². The molecule has 1 nitrogen and oxygen atoms in total. The summed E-state index contributed by atoms with van der Waals surface area (Å²) >= 11 is 5.97. The third kappa shape index (κ3) is 2.19. The van der Waals surface area contributed by atoms with Crippen molar-refractivity contribution in [2.75, 3.05) is 0 Å². The maximum Gasteiger partial charge on any atom is 0.0541 e. The third-order valence-corrected chi connectivity index (χ3v) is 4.77. The zero-order chi connectivity index (χ0) is 14.4. The number of hydrogen-bond acceptors (Lipinski definition) is 0. The van der Waals surface area contributed by atoms with Gasteiger partial charge in [-0.2, -0.15) is 0 Å². The summed E-state index contributed by atoms with van der Waals surface area (Å²) in [6.45, 7) is 0. The topological polar surface area (TPSA) is 4.93 Å². The van der Waals surface area contributed by atoms with Crippen molar-refractivity contribution in [3.8, 4) is 5.69 Å². The fraction of sp³-hybridized carbons (Fsp3) is 0. The molecule has 0 aliphatic heterocycles. The second-order valence-electron chi connectivity index (χ2n) is 5.00. The molecule has 0 fully saturated rings. The number of nitrogens with zero attached hydrogens (tertiary/aromatic N) is 1. The van der Waals surface area contributed by atoms with Gasteiger partial charge >= 0.3 is 0 Å². The Bertz CT molecular complexity index is 898. The lowest BCUT2D eigenvalue weighted by atomic mass is 10.2. The van der Waals surface area contributed by atoms with Gasteiger partial charge in [0.2, 0.25) is 0 Å². The largest absolute Gasteiger partial charge is 0.309 e. The summed E-state index contributed by atoms with van der Waals surface area (Å²) in [6, 6.07) is 23.7. The minimum absolute atomic E-state index is 1.10. The Morgan fingerprint density at radius 3 is 1.90 bits per heavy atom. The zero-order valence-corrected chi connectivity index (χ0v) is 14.8. The number of halogens is 2. The molecular weight excluding hydrogens is 437 g/mol. The van der Waals surface area contributed by atoms with Gasteiger partial charge in [0.1, 0.15) is 0 Å². The second kappa shape index (κ2) is 5.14. The van der Waals surface area contributed by atoms with Crippen LogP contribution in [0.3, 0.4) is 0 Å². The van der Waals surface area contributed by atoms with Crippen molar-refractivity contribution in [3.05, 3.63) is 74.8 Å². The first-order chi connectivity index (χ1) is 10.2. The van der Waals surface area contributed by atoms with E-state index in [1.54, 1.807) is 0 Å². The van der Waals surface area contributed by atoms with Crippen LogP contribution in [0.5, 0.6) is 0 Å². The maximum absolute atomic E-state index is 3.61. The molecule has 0 aliphatic carbocycles. The van der Waals surface area contributed by atoms with Crippen molar-refractivity contribution < 1.29 is 0 Å². The summed E-state index contributed by atoms with van der Waals surface area (Å²) in [5.74, 6) is 0. The number of benzene rings is 3. The number of rotatable bonds is 1. The van der Waals surface area contributed by atoms with Crippen molar-refractivity contribution in [1.29, 1.82) is 0 Å². The van der Waals surface area contributed by atoms with Gasteiger partial charge in [-0.05, 0) is 52.9 Å². The second-order valence-corrected chi connectivity index (χ2v) is 7.16. The third-order valence-electron chi connectivity index (χ3n) is 3.69. The number of para-hydroxylation sites is 2. The first-order valence-corrected chi connectivity index (χ1v) is 8.56. The highest BCUT2D eigenvalue weighted by Crippen LogP contribution is 2.32. The fourth-order valence-corrected chi connectivity index (χ4v) is 4.43. The molecule has 0 radical (unpaired) electrons. The Morgan fingerprint density at radius 2 is 1.33 bits per heavy atom. The van der Waals surface area contributed by atoms with Crippen LogP contribution in [-0.4, -0.2) is 4.57 Å². The van der Waals surface area contributed by atoms with Crippen molar-refractivity contribution in [1.82, 2.24) is 4.57 Å². The molecule has 4 aromatic rings. The van der Waals surface area contributed by atoms with Crippen molar-refractivity contribution >= 4 is 60.3 Å². The molecule has 0 aliphatic rings. The highest BCUT2D eigenvalue weighted by Gasteiger charge is 2.11. The minimum Gasteiger partial charge on any atom is -0.309 e. The molecular formula is C18H11BrIN. The molecule has 3 heteroatoms. The molecule has 3 aromatic carbocycles. The first-order valence-electron chi connectivity index (χ1n) is 6.69. The van der Waals surface area contributed by atoms with Crippen LogP contribution in [0.15, 0.2) is 71.2 Å². The molecule has 0 bridgehead atoms. The normalized spacial score (nSPS) is 11.3. The summed E-state index contributed by atoms with van der Waals surface area (Å²) in [6.07, 6.45) is 0. The smallest absolute Gasteiger partial charge is 0.0541 e. The molecule has 4 rings (SSSR count). The highest BCUT2D eigenvalue weighted by atomic mass is 127. The summed E-state index contributed by atoms with van der Waals surface area (Å²) in [7, 11) is 0. The molecule has 0 N–H and O–H groups in total. The summed E-state index contributed by atoms with van der Waals surface area (Å²) in [5, 5.41) is 2.59. The van der Waals surface area contributed by atoms with E-state index in [9.17, 15) is 0 Å². The van der Waals surface area contributed by atoms with Crippen LogP contribution in [0.4, 0.5) is 0 Å². The van der Waals surface area contributed by atoms with Gasteiger partial charge in [-0.1, -0.05) is 52.3 Å². The van der Waals surface area contributed by atoms with Gasteiger partial charge in [-0.25, -0.2) is 0 Å². The molecule has 0 saturated carbocycles. The van der Waals surface area contributed by atoms with E-state index in [0.29, 0.717) is 0 Å². The van der Waals surface area contributed by atoms with Crippen LogP contribution in [0.2, 0.25) is 0 Å². The van der Waals surface area contributed by atoms with Gasteiger partial charge in [0, 0.05) is 24.5 Å². The van der Waals surface area contributed by atoms with E-state index in [0.717, 1.165) is 4.47 Å². The van der Waals surface area contributed by atoms with Gasteiger partial charge < -0.3 is 4.57 Å². The van der Waals surface area contributed by atoms with Crippen molar-refractivity contribution in [3.63, 3.8) is 0 Å². The average Bonchev–Trinajstić information content (AvgIpc) is 2.81. The first kappa shape index (κ1) is 13.3. The molecule has 0 atom stereocenters. The van der Waals surface area contributed by atoms with E-state index in [1.807, 2.05) is 0 Å². The zero-order valence-electron chi connectivity index (χ0n) is 11.1. The van der Waals surface area contributed by atoms with E-state index >= 15 is 0 Å². The van der Waals surface area contributed by atoms with E-state index in [-0.39, 0.29) is 0 Å². The maximum atomic E-state index is 3.61. The SMILES string of the molecule is Brc1cc(I)cc(-n2c3ccccc3c3ccccc32)c1. The number of aromatic nitrogens is 1. The molecule has 1 heterocycles. The van der Waals surface area contributed by atoms with E-state index in [4.69, 9.17) is 0 Å². The predicted molar refractivity (Wildman–Crippen MR) is 101 cm³/mol. The van der Waals surface area contributed by atoms with Crippen LogP contribution in [0.1, 0.15) is 0 Å². The van der Waals surface area contributed by atoms with Crippen LogP contribution in [-0.2, 0) is 0 Å². The Kier molecular flexibility index (Phi) is 3.27. The summed E-state index contributed by atoms with van der Waals surface area (Å²) in [5.41, 5.74) is 3.67. The lowest BCUT2D eigenvalue weighted by Crippen LogP contribution is -1.94. The van der Waals surface area contributed by atoms with E-state index in [2.05, 4.69) is 110 Å². The lowest BCUT2D eigenvalue weighted by molar-refractivity contribution is 1.17. The predicted octanol–water partition coefficient (Wildman–Crippen LogP) is 6.15. The minimum atomic E-state index is 1.10. The van der Waals surface area contributed by atoms with Crippen LogP contribution in [0.25, 0.3) is 27.5 Å². The molecule has 21 heavy (non-hydrogen) atoms.